The van der Waals surface area contributed by atoms with E-state index in [1.165, 1.54) is 40.9 Å². The molecule has 1 aliphatic heterocycles. The molecular weight excluding hydrogens is 365 g/mol. The van der Waals surface area contributed by atoms with Gasteiger partial charge in [0.15, 0.2) is 0 Å². The van der Waals surface area contributed by atoms with Crippen molar-refractivity contribution in [2.24, 2.45) is 0 Å². The van der Waals surface area contributed by atoms with Crippen LogP contribution < -0.4 is 5.48 Å². The third kappa shape index (κ3) is 4.42. The molecule has 1 saturated heterocycles. The van der Waals surface area contributed by atoms with E-state index in [2.05, 4.69) is 46.9 Å². The summed E-state index contributed by atoms with van der Waals surface area (Å²) in [4.78, 5) is 5.93. The van der Waals surface area contributed by atoms with Gasteiger partial charge in [0.05, 0.1) is 5.70 Å². The van der Waals surface area contributed by atoms with E-state index in [1.807, 2.05) is 24.3 Å². The van der Waals surface area contributed by atoms with Crippen LogP contribution in [0.2, 0.25) is 0 Å². The average molecular weight is 391 g/mol. The number of aromatic nitrogens is 1. The molecule has 5 heteroatoms. The van der Waals surface area contributed by atoms with Crippen LogP contribution in [-0.2, 0) is 13.0 Å². The van der Waals surface area contributed by atoms with Crippen LogP contribution in [0.5, 0.6) is 0 Å². The molecule has 1 fully saturated rings. The molecule has 0 aliphatic carbocycles. The minimum atomic E-state index is -0.585. The number of benzene rings is 2. The predicted molar refractivity (Wildman–Crippen MR) is 115 cm³/mol. The van der Waals surface area contributed by atoms with E-state index in [4.69, 9.17) is 5.21 Å². The van der Waals surface area contributed by atoms with Crippen LogP contribution in [0.4, 0.5) is 4.39 Å². The molecule has 1 aliphatic rings. The van der Waals surface area contributed by atoms with Gasteiger partial charge in [-0.3, -0.25) is 15.6 Å². The summed E-state index contributed by atoms with van der Waals surface area (Å²) in [5.74, 6) is -0.585. The lowest BCUT2D eigenvalue weighted by atomic mass is 10.0. The van der Waals surface area contributed by atoms with E-state index >= 15 is 0 Å². The number of fused-ring (bicyclic) bond motifs is 1. The molecule has 0 radical (unpaired) electrons. The fraction of sp³-hybridized carbons (Fsp3) is 0.250. The highest BCUT2D eigenvalue weighted by Gasteiger charge is 2.25. The van der Waals surface area contributed by atoms with Crippen LogP contribution in [0.25, 0.3) is 17.0 Å². The van der Waals surface area contributed by atoms with Gasteiger partial charge in [-0.2, -0.15) is 0 Å². The molecule has 29 heavy (non-hydrogen) atoms. The van der Waals surface area contributed by atoms with Crippen molar-refractivity contribution < 1.29 is 9.60 Å². The summed E-state index contributed by atoms with van der Waals surface area (Å²) in [5.41, 5.74) is 6.11. The number of aromatic amines is 1. The first kappa shape index (κ1) is 19.4. The molecule has 0 spiro atoms. The van der Waals surface area contributed by atoms with E-state index < -0.39 is 5.83 Å². The number of hydroxylamine groups is 1. The number of allylic oxidation sites excluding steroid dienone is 1. The number of hydrogen-bond donors (Lipinski definition) is 3. The summed E-state index contributed by atoms with van der Waals surface area (Å²) >= 11 is 0. The first-order valence-corrected chi connectivity index (χ1v) is 9.98. The maximum atomic E-state index is 13.8. The van der Waals surface area contributed by atoms with Crippen LogP contribution in [0, 0.1) is 0 Å². The summed E-state index contributed by atoms with van der Waals surface area (Å²) in [7, 11) is 0. The van der Waals surface area contributed by atoms with Crippen molar-refractivity contribution in [3.8, 4) is 0 Å². The van der Waals surface area contributed by atoms with Gasteiger partial charge >= 0.3 is 0 Å². The molecule has 1 atom stereocenters. The summed E-state index contributed by atoms with van der Waals surface area (Å²) in [6, 6.07) is 16.9. The Labute approximate surface area is 170 Å². The number of rotatable bonds is 7. The zero-order valence-corrected chi connectivity index (χ0v) is 16.4. The Morgan fingerprint density at radius 3 is 2.83 bits per heavy atom. The Bertz CT molecular complexity index is 1020. The normalized spacial score (nSPS) is 17.7. The topological polar surface area (TPSA) is 51.3 Å². The van der Waals surface area contributed by atoms with Crippen molar-refractivity contribution in [1.29, 1.82) is 0 Å². The van der Waals surface area contributed by atoms with Gasteiger partial charge < -0.3 is 4.98 Å². The standard InChI is InChI=1S/C24H26FN3O/c1-17(27-29)23(25)13-18-8-10-19(11-9-18)16-28-12-4-5-21(28)14-20-15-26-24-7-3-2-6-22(20)24/h2-3,6-11,13,15,21,26-27,29H,1,4-5,12,14,16H2/b23-13-/t21-/m1/s1. The van der Waals surface area contributed by atoms with E-state index in [9.17, 15) is 4.39 Å². The van der Waals surface area contributed by atoms with Crippen molar-refractivity contribution in [3.63, 3.8) is 0 Å². The summed E-state index contributed by atoms with van der Waals surface area (Å²) < 4.78 is 13.8. The smallest absolute Gasteiger partial charge is 0.148 e. The zero-order chi connectivity index (χ0) is 20.2. The Kier molecular flexibility index (Phi) is 5.79. The molecule has 4 nitrogen and oxygen atoms in total. The second-order valence-electron chi connectivity index (χ2n) is 7.65. The molecule has 1 aromatic heterocycles. The summed E-state index contributed by atoms with van der Waals surface area (Å²) in [6.45, 7) is 5.40. The van der Waals surface area contributed by atoms with Crippen molar-refractivity contribution in [1.82, 2.24) is 15.4 Å². The number of nitrogens with zero attached hydrogens (tertiary/aromatic N) is 1. The first-order chi connectivity index (χ1) is 14.1. The summed E-state index contributed by atoms with van der Waals surface area (Å²) in [5, 5.41) is 10.0. The monoisotopic (exact) mass is 391 g/mol. The van der Waals surface area contributed by atoms with Crippen molar-refractivity contribution in [3.05, 3.63) is 89.5 Å². The Hall–Kier alpha value is -2.89. The molecule has 0 bridgehead atoms. The minimum absolute atomic E-state index is 0.147. The molecule has 3 aromatic rings. The third-order valence-corrected chi connectivity index (χ3v) is 5.71. The molecule has 150 valence electrons. The third-order valence-electron chi connectivity index (χ3n) is 5.71. The van der Waals surface area contributed by atoms with Crippen LogP contribution in [0.15, 0.2) is 72.8 Å². The number of nitrogens with one attached hydrogen (secondary N) is 2. The molecular formula is C24H26FN3O. The molecule has 0 amide bonds. The van der Waals surface area contributed by atoms with E-state index in [1.54, 1.807) is 5.48 Å². The van der Waals surface area contributed by atoms with Crippen molar-refractivity contribution >= 4 is 17.0 Å². The average Bonchev–Trinajstić information content (AvgIpc) is 3.36. The van der Waals surface area contributed by atoms with Crippen LogP contribution >= 0.6 is 0 Å². The van der Waals surface area contributed by atoms with Crippen LogP contribution in [0.3, 0.4) is 0 Å². The number of H-pyrrole nitrogens is 1. The van der Waals surface area contributed by atoms with Gasteiger partial charge in [-0.1, -0.05) is 49.0 Å². The van der Waals surface area contributed by atoms with Gasteiger partial charge in [0.25, 0.3) is 0 Å². The number of likely N-dealkylation sites (tertiary alicyclic amines) is 1. The van der Waals surface area contributed by atoms with Gasteiger partial charge in [0.2, 0.25) is 0 Å². The van der Waals surface area contributed by atoms with E-state index in [-0.39, 0.29) is 5.70 Å². The van der Waals surface area contributed by atoms with Crippen molar-refractivity contribution in [2.45, 2.75) is 31.8 Å². The minimum Gasteiger partial charge on any atom is -0.361 e. The van der Waals surface area contributed by atoms with Gasteiger partial charge in [0.1, 0.15) is 5.83 Å². The maximum Gasteiger partial charge on any atom is 0.148 e. The second-order valence-corrected chi connectivity index (χ2v) is 7.65. The lowest BCUT2D eigenvalue weighted by Gasteiger charge is -2.24. The fourth-order valence-corrected chi connectivity index (χ4v) is 4.13. The Balaban J connectivity index is 1.43. The zero-order valence-electron chi connectivity index (χ0n) is 16.4. The van der Waals surface area contributed by atoms with E-state index in [0.29, 0.717) is 6.04 Å². The lowest BCUT2D eigenvalue weighted by Crippen LogP contribution is -2.30. The molecule has 2 heterocycles. The first-order valence-electron chi connectivity index (χ1n) is 9.98. The van der Waals surface area contributed by atoms with Gasteiger partial charge in [-0.25, -0.2) is 4.39 Å². The number of halogens is 1. The molecule has 4 rings (SSSR count). The summed E-state index contributed by atoms with van der Waals surface area (Å²) in [6.07, 6.45) is 6.97. The quantitative estimate of drug-likeness (QED) is 0.384. The molecule has 3 N–H and O–H groups in total. The largest absolute Gasteiger partial charge is 0.361 e. The fourth-order valence-electron chi connectivity index (χ4n) is 4.13. The number of para-hydroxylation sites is 1. The van der Waals surface area contributed by atoms with Crippen LogP contribution in [0.1, 0.15) is 29.5 Å². The number of hydrogen-bond acceptors (Lipinski definition) is 3. The lowest BCUT2D eigenvalue weighted by molar-refractivity contribution is 0.200. The predicted octanol–water partition coefficient (Wildman–Crippen LogP) is 5.18. The highest BCUT2D eigenvalue weighted by atomic mass is 19.1. The second kappa shape index (κ2) is 8.64. The highest BCUT2D eigenvalue weighted by molar-refractivity contribution is 5.83. The van der Waals surface area contributed by atoms with Gasteiger partial charge in [-0.05, 0) is 54.6 Å². The highest BCUT2D eigenvalue weighted by Crippen LogP contribution is 2.27. The molecule has 2 aromatic carbocycles. The van der Waals surface area contributed by atoms with Gasteiger partial charge in [-0.15, -0.1) is 0 Å². The van der Waals surface area contributed by atoms with Crippen molar-refractivity contribution in [2.75, 3.05) is 6.54 Å². The Morgan fingerprint density at radius 1 is 1.24 bits per heavy atom. The van der Waals surface area contributed by atoms with E-state index in [0.717, 1.165) is 25.1 Å². The van der Waals surface area contributed by atoms with Crippen LogP contribution in [-0.4, -0.2) is 27.7 Å². The molecule has 0 unspecified atom stereocenters. The van der Waals surface area contributed by atoms with Gasteiger partial charge in [0, 0.05) is 29.7 Å². The SMILES string of the molecule is C=C(NO)/C(F)=C/c1ccc(CN2CCC[C@@H]2Cc2c[nH]c3ccccc23)cc1. The maximum absolute atomic E-state index is 13.8. The Morgan fingerprint density at radius 2 is 2.03 bits per heavy atom. The molecule has 0 saturated carbocycles.